The van der Waals surface area contributed by atoms with Crippen LogP contribution in [0.15, 0.2) is 17.1 Å². The van der Waals surface area contributed by atoms with Crippen LogP contribution in [-0.2, 0) is 9.47 Å². The van der Waals surface area contributed by atoms with Gasteiger partial charge < -0.3 is 26.0 Å². The Morgan fingerprint density at radius 2 is 2.12 bits per heavy atom. The van der Waals surface area contributed by atoms with E-state index in [4.69, 9.17) is 20.9 Å². The number of aliphatic hydroxyl groups is 1. The number of nitrogens with zero attached hydrogens (tertiary/aromatic N) is 2. The van der Waals surface area contributed by atoms with E-state index in [1.165, 1.54) is 16.8 Å². The molecule has 8 heteroatoms. The van der Waals surface area contributed by atoms with Crippen LogP contribution in [0.4, 0.5) is 5.82 Å². The van der Waals surface area contributed by atoms with E-state index in [1.807, 2.05) is 6.92 Å². The molecule has 5 N–H and O–H groups in total. The van der Waals surface area contributed by atoms with Gasteiger partial charge in [-0.3, -0.25) is 4.57 Å². The van der Waals surface area contributed by atoms with E-state index in [2.05, 4.69) is 4.98 Å². The fourth-order valence-electron chi connectivity index (χ4n) is 2.90. The van der Waals surface area contributed by atoms with E-state index in [9.17, 15) is 9.90 Å². The molecule has 0 radical (unpaired) electrons. The van der Waals surface area contributed by atoms with Gasteiger partial charge in [-0.1, -0.05) is 19.8 Å². The standard InChI is InChI=1S/C16H28N4O4/c1-2-11-13(21)14(23-10-6-4-3-5-8-17)15(24-11)20-9-7-12(18)19-16(20)22/h7,9,11,13-15,21H,2-6,8,10,17H2,1H3,(H2,18,19,22)/t11-,13+,14?,15-/m1/s1. The van der Waals surface area contributed by atoms with Gasteiger partial charge in [-0.15, -0.1) is 0 Å². The highest BCUT2D eigenvalue weighted by atomic mass is 16.6. The van der Waals surface area contributed by atoms with Gasteiger partial charge in [0.15, 0.2) is 6.23 Å². The lowest BCUT2D eigenvalue weighted by Gasteiger charge is -2.22. The molecule has 1 aliphatic heterocycles. The number of rotatable bonds is 9. The molecule has 0 aliphatic carbocycles. The zero-order chi connectivity index (χ0) is 17.5. The van der Waals surface area contributed by atoms with Crippen molar-refractivity contribution < 1.29 is 14.6 Å². The quantitative estimate of drug-likeness (QED) is 0.555. The van der Waals surface area contributed by atoms with Crippen molar-refractivity contribution in [3.8, 4) is 0 Å². The zero-order valence-corrected chi connectivity index (χ0v) is 14.1. The van der Waals surface area contributed by atoms with Crippen molar-refractivity contribution >= 4 is 5.82 Å². The summed E-state index contributed by atoms with van der Waals surface area (Å²) >= 11 is 0. The van der Waals surface area contributed by atoms with Gasteiger partial charge in [-0.2, -0.15) is 4.98 Å². The molecule has 8 nitrogen and oxygen atoms in total. The maximum absolute atomic E-state index is 12.1. The van der Waals surface area contributed by atoms with E-state index >= 15 is 0 Å². The van der Waals surface area contributed by atoms with Gasteiger partial charge in [-0.25, -0.2) is 4.79 Å². The minimum Gasteiger partial charge on any atom is -0.388 e. The third-order valence-corrected chi connectivity index (χ3v) is 4.25. The number of aliphatic hydroxyl groups excluding tert-OH is 1. The summed E-state index contributed by atoms with van der Waals surface area (Å²) in [6.07, 6.45) is 3.66. The van der Waals surface area contributed by atoms with Gasteiger partial charge in [-0.05, 0) is 31.9 Å². The summed E-state index contributed by atoms with van der Waals surface area (Å²) in [5.74, 6) is 0.152. The summed E-state index contributed by atoms with van der Waals surface area (Å²) in [6, 6.07) is 1.53. The van der Waals surface area contributed by atoms with Crippen LogP contribution in [0.1, 0.15) is 45.3 Å². The number of aromatic nitrogens is 2. The van der Waals surface area contributed by atoms with Crippen LogP contribution in [0.25, 0.3) is 0 Å². The number of unbranched alkanes of at least 4 members (excludes halogenated alkanes) is 3. The Hall–Kier alpha value is -1.48. The fraction of sp³-hybridized carbons (Fsp3) is 0.750. The van der Waals surface area contributed by atoms with Gasteiger partial charge in [0.2, 0.25) is 0 Å². The van der Waals surface area contributed by atoms with Crippen LogP contribution in [0.2, 0.25) is 0 Å². The third kappa shape index (κ3) is 4.54. The normalized spacial score (nSPS) is 26.8. The van der Waals surface area contributed by atoms with Crippen LogP contribution >= 0.6 is 0 Å². The maximum Gasteiger partial charge on any atom is 0.351 e. The molecule has 1 aliphatic rings. The molecule has 1 saturated heterocycles. The van der Waals surface area contributed by atoms with Gasteiger partial charge >= 0.3 is 5.69 Å². The molecule has 24 heavy (non-hydrogen) atoms. The maximum atomic E-state index is 12.1. The Balaban J connectivity index is 2.02. The van der Waals surface area contributed by atoms with Gasteiger partial charge in [0, 0.05) is 12.8 Å². The van der Waals surface area contributed by atoms with Gasteiger partial charge in [0.25, 0.3) is 0 Å². The summed E-state index contributed by atoms with van der Waals surface area (Å²) in [7, 11) is 0. The first-order chi connectivity index (χ1) is 11.6. The van der Waals surface area contributed by atoms with E-state index in [0.717, 1.165) is 25.7 Å². The van der Waals surface area contributed by atoms with Crippen molar-refractivity contribution in [2.24, 2.45) is 5.73 Å². The number of hydrogen-bond donors (Lipinski definition) is 3. The summed E-state index contributed by atoms with van der Waals surface area (Å²) in [5, 5.41) is 10.4. The van der Waals surface area contributed by atoms with E-state index < -0.39 is 24.1 Å². The van der Waals surface area contributed by atoms with Crippen LogP contribution in [-0.4, -0.2) is 46.1 Å². The second-order valence-electron chi connectivity index (χ2n) is 6.04. The van der Waals surface area contributed by atoms with Crippen molar-refractivity contribution in [1.29, 1.82) is 0 Å². The predicted octanol–water partition coefficient (Wildman–Crippen LogP) is 0.398. The lowest BCUT2D eigenvalue weighted by Crippen LogP contribution is -2.37. The Labute approximate surface area is 141 Å². The number of ether oxygens (including phenoxy) is 2. The predicted molar refractivity (Wildman–Crippen MR) is 90.4 cm³/mol. The minimum absolute atomic E-state index is 0.152. The third-order valence-electron chi connectivity index (χ3n) is 4.25. The number of nitrogens with two attached hydrogens (primary N) is 2. The summed E-state index contributed by atoms with van der Waals surface area (Å²) in [5.41, 5.74) is 10.5. The molecule has 0 aromatic carbocycles. The molecule has 1 unspecified atom stereocenters. The molecule has 1 aromatic heterocycles. The highest BCUT2D eigenvalue weighted by molar-refractivity contribution is 5.23. The summed E-state index contributed by atoms with van der Waals surface area (Å²) < 4.78 is 13.0. The van der Waals surface area contributed by atoms with Crippen LogP contribution in [0.5, 0.6) is 0 Å². The van der Waals surface area contributed by atoms with E-state index in [0.29, 0.717) is 19.6 Å². The second-order valence-corrected chi connectivity index (χ2v) is 6.04. The lowest BCUT2D eigenvalue weighted by molar-refractivity contribution is -0.0713. The molecule has 4 atom stereocenters. The first-order valence-corrected chi connectivity index (χ1v) is 8.58. The van der Waals surface area contributed by atoms with Crippen molar-refractivity contribution in [3.05, 3.63) is 22.7 Å². The molecular weight excluding hydrogens is 312 g/mol. The summed E-state index contributed by atoms with van der Waals surface area (Å²) in [4.78, 5) is 15.8. The zero-order valence-electron chi connectivity index (χ0n) is 14.1. The van der Waals surface area contributed by atoms with Crippen LogP contribution < -0.4 is 17.2 Å². The van der Waals surface area contributed by atoms with Crippen LogP contribution in [0.3, 0.4) is 0 Å². The largest absolute Gasteiger partial charge is 0.388 e. The average molecular weight is 340 g/mol. The lowest BCUT2D eigenvalue weighted by atomic mass is 10.1. The highest BCUT2D eigenvalue weighted by Crippen LogP contribution is 2.32. The number of nitrogen functional groups attached to an aromatic ring is 1. The molecule has 136 valence electrons. The fourth-order valence-corrected chi connectivity index (χ4v) is 2.90. The smallest absolute Gasteiger partial charge is 0.351 e. The van der Waals surface area contributed by atoms with E-state index in [1.54, 1.807) is 0 Å². The van der Waals surface area contributed by atoms with Crippen molar-refractivity contribution in [1.82, 2.24) is 9.55 Å². The molecular formula is C16H28N4O4. The molecule has 2 rings (SSSR count). The van der Waals surface area contributed by atoms with Crippen LogP contribution in [0, 0.1) is 0 Å². The topological polar surface area (TPSA) is 126 Å². The monoisotopic (exact) mass is 340 g/mol. The minimum atomic E-state index is -0.784. The summed E-state index contributed by atoms with van der Waals surface area (Å²) in [6.45, 7) is 3.12. The Morgan fingerprint density at radius 1 is 1.38 bits per heavy atom. The molecule has 0 spiro atoms. The molecule has 1 aromatic rings. The molecule has 2 heterocycles. The van der Waals surface area contributed by atoms with Gasteiger partial charge in [0.1, 0.15) is 18.0 Å². The molecule has 0 saturated carbocycles. The average Bonchev–Trinajstić information content (AvgIpc) is 2.87. The Kier molecular flexibility index (Phi) is 7.16. The SMILES string of the molecule is CC[C@H]1O[C@@H](n2ccc(N)nc2=O)C(OCCCCCCN)[C@H]1O. The first-order valence-electron chi connectivity index (χ1n) is 8.58. The molecule has 0 amide bonds. The number of anilines is 1. The Morgan fingerprint density at radius 3 is 2.79 bits per heavy atom. The Bertz CT molecular complexity index is 565. The molecule has 1 fully saturated rings. The van der Waals surface area contributed by atoms with Crippen molar-refractivity contribution in [2.75, 3.05) is 18.9 Å². The first kappa shape index (κ1) is 18.9. The van der Waals surface area contributed by atoms with E-state index in [-0.39, 0.29) is 11.9 Å². The van der Waals surface area contributed by atoms with Crippen molar-refractivity contribution in [2.45, 2.75) is 63.6 Å². The second kappa shape index (κ2) is 9.12. The molecule has 0 bridgehead atoms. The number of hydrogen-bond acceptors (Lipinski definition) is 7. The highest BCUT2D eigenvalue weighted by Gasteiger charge is 2.45. The van der Waals surface area contributed by atoms with Crippen molar-refractivity contribution in [3.63, 3.8) is 0 Å². The van der Waals surface area contributed by atoms with Gasteiger partial charge in [0.05, 0.1) is 6.10 Å².